The van der Waals surface area contributed by atoms with E-state index in [1.54, 1.807) is 0 Å². The first-order valence-electron chi connectivity index (χ1n) is 4.06. The zero-order valence-corrected chi connectivity index (χ0v) is 7.96. The second kappa shape index (κ2) is 5.90. The Morgan fingerprint density at radius 3 is 2.55 bits per heavy atom. The van der Waals surface area contributed by atoms with Gasteiger partial charge in [0.15, 0.2) is 12.4 Å². The van der Waals surface area contributed by atoms with E-state index in [0.29, 0.717) is 0 Å². The Labute approximate surface area is 69.7 Å². The fourth-order valence-electron chi connectivity index (χ4n) is 0.647. The summed E-state index contributed by atoms with van der Waals surface area (Å²) in [6, 6.07) is 0. The number of hydrogen-bond donors (Lipinski definition) is 0. The summed E-state index contributed by atoms with van der Waals surface area (Å²) in [6.45, 7) is 6.32. The summed E-state index contributed by atoms with van der Waals surface area (Å²) in [5, 5.41) is 0. The van der Waals surface area contributed by atoms with E-state index in [2.05, 4.69) is 26.1 Å². The van der Waals surface area contributed by atoms with Gasteiger partial charge in [0, 0.05) is 6.08 Å². The number of hydrogen-bond acceptors (Lipinski definition) is 0. The Balaban J connectivity index is 4.10. The van der Waals surface area contributed by atoms with Crippen LogP contribution in [0.25, 0.3) is 0 Å². The average molecular weight is 152 g/mol. The van der Waals surface area contributed by atoms with Gasteiger partial charge in [-0.25, -0.2) is 4.58 Å². The average Bonchev–Trinajstić information content (AvgIpc) is 2.01. The summed E-state index contributed by atoms with van der Waals surface area (Å²) in [5.41, 5.74) is 1.40. The minimum atomic E-state index is 1.13. The summed E-state index contributed by atoms with van der Waals surface area (Å²) >= 11 is 0. The molecule has 0 radical (unpaired) electrons. The normalized spacial score (nSPS) is 14.5. The Morgan fingerprint density at radius 2 is 2.09 bits per heavy atom. The fraction of sp³-hybridized carbons (Fsp3) is 0.500. The van der Waals surface area contributed by atoms with Gasteiger partial charge in [-0.05, 0) is 26.3 Å². The Morgan fingerprint density at radius 1 is 1.45 bits per heavy atom. The molecule has 0 amide bonds. The highest BCUT2D eigenvalue weighted by molar-refractivity contribution is 5.67. The molecule has 0 bridgehead atoms. The number of rotatable bonds is 3. The van der Waals surface area contributed by atoms with Crippen molar-refractivity contribution < 1.29 is 4.58 Å². The van der Waals surface area contributed by atoms with Gasteiger partial charge in [-0.1, -0.05) is 12.5 Å². The van der Waals surface area contributed by atoms with Crippen molar-refractivity contribution in [2.75, 3.05) is 7.05 Å². The summed E-state index contributed by atoms with van der Waals surface area (Å²) < 4.78 is 2.04. The van der Waals surface area contributed by atoms with Crippen molar-refractivity contribution in [3.05, 3.63) is 23.9 Å². The number of nitrogens with zero attached hydrogens (tertiary/aromatic N) is 1. The van der Waals surface area contributed by atoms with Crippen LogP contribution >= 0.6 is 0 Å². The molecule has 0 saturated heterocycles. The molecule has 0 aromatic heterocycles. The molecule has 0 N–H and O–H groups in total. The van der Waals surface area contributed by atoms with Crippen molar-refractivity contribution in [1.29, 1.82) is 0 Å². The van der Waals surface area contributed by atoms with E-state index < -0.39 is 0 Å². The van der Waals surface area contributed by atoms with Crippen LogP contribution < -0.4 is 0 Å². The second-order valence-corrected chi connectivity index (χ2v) is 2.66. The monoisotopic (exact) mass is 152 g/mol. The highest BCUT2D eigenvalue weighted by Gasteiger charge is 1.85. The Hall–Kier alpha value is -0.850. The van der Waals surface area contributed by atoms with E-state index in [1.165, 1.54) is 5.57 Å². The summed E-state index contributed by atoms with van der Waals surface area (Å²) in [4.78, 5) is 0. The van der Waals surface area contributed by atoms with Gasteiger partial charge in [-0.15, -0.1) is 0 Å². The molecule has 1 nitrogen and oxygen atoms in total. The Kier molecular flexibility index (Phi) is 5.44. The second-order valence-electron chi connectivity index (χ2n) is 2.66. The summed E-state index contributed by atoms with van der Waals surface area (Å²) in [6.07, 6.45) is 9.38. The molecule has 11 heavy (non-hydrogen) atoms. The van der Waals surface area contributed by atoms with Gasteiger partial charge >= 0.3 is 0 Å². The van der Waals surface area contributed by atoms with E-state index in [0.717, 1.165) is 6.42 Å². The van der Waals surface area contributed by atoms with Gasteiger partial charge in [-0.2, -0.15) is 0 Å². The molecule has 0 aromatic rings. The van der Waals surface area contributed by atoms with E-state index in [-0.39, 0.29) is 0 Å². The van der Waals surface area contributed by atoms with Gasteiger partial charge < -0.3 is 0 Å². The lowest BCUT2D eigenvalue weighted by atomic mass is 10.2. The largest absolute Gasteiger partial charge is 0.208 e. The van der Waals surface area contributed by atoms with Crippen molar-refractivity contribution in [3.8, 4) is 0 Å². The molecule has 0 aliphatic rings. The van der Waals surface area contributed by atoms with Crippen LogP contribution in [0.1, 0.15) is 27.2 Å². The van der Waals surface area contributed by atoms with E-state index in [9.17, 15) is 0 Å². The molecule has 0 saturated carbocycles. The van der Waals surface area contributed by atoms with Gasteiger partial charge in [0.05, 0.1) is 0 Å². The van der Waals surface area contributed by atoms with Crippen molar-refractivity contribution in [2.45, 2.75) is 27.2 Å². The molecule has 0 unspecified atom stereocenters. The predicted molar refractivity (Wildman–Crippen MR) is 51.1 cm³/mol. The molecule has 0 aliphatic carbocycles. The molecule has 0 aliphatic heterocycles. The third kappa shape index (κ3) is 5.59. The van der Waals surface area contributed by atoms with Crippen LogP contribution in [0.4, 0.5) is 0 Å². The van der Waals surface area contributed by atoms with Gasteiger partial charge in [0.2, 0.25) is 0 Å². The molecular formula is C10H18N+. The standard InChI is InChI=1S/C10H18N/c1-5-8-11(4)9-7-10(3)6-2/h5,7-9H,6H2,1-4H3/q+1. The fourth-order valence-corrected chi connectivity index (χ4v) is 0.647. The van der Waals surface area contributed by atoms with Gasteiger partial charge in [0.1, 0.15) is 7.05 Å². The van der Waals surface area contributed by atoms with Crippen LogP contribution in [0.15, 0.2) is 23.9 Å². The molecule has 0 heterocycles. The van der Waals surface area contributed by atoms with Crippen LogP contribution in [-0.2, 0) is 0 Å². The molecule has 0 atom stereocenters. The van der Waals surface area contributed by atoms with E-state index in [4.69, 9.17) is 0 Å². The lowest BCUT2D eigenvalue weighted by molar-refractivity contribution is -0.416. The molecule has 0 rings (SSSR count). The predicted octanol–water partition coefficient (Wildman–Crippen LogP) is 2.59. The van der Waals surface area contributed by atoms with Gasteiger partial charge in [0.25, 0.3) is 0 Å². The lowest BCUT2D eigenvalue weighted by Gasteiger charge is -1.88. The maximum absolute atomic E-state index is 2.16. The first-order chi connectivity index (χ1) is 5.20. The lowest BCUT2D eigenvalue weighted by Crippen LogP contribution is -1.95. The molecule has 0 spiro atoms. The number of allylic oxidation sites excluding steroid dienone is 3. The smallest absolute Gasteiger partial charge is 0.168 e. The van der Waals surface area contributed by atoms with Crippen LogP contribution in [0.2, 0.25) is 0 Å². The van der Waals surface area contributed by atoms with Crippen LogP contribution in [0.5, 0.6) is 0 Å². The zero-order valence-electron chi connectivity index (χ0n) is 7.96. The van der Waals surface area contributed by atoms with Crippen LogP contribution in [-0.4, -0.2) is 17.8 Å². The third-order valence-corrected chi connectivity index (χ3v) is 1.54. The van der Waals surface area contributed by atoms with Crippen molar-refractivity contribution in [1.82, 2.24) is 0 Å². The van der Waals surface area contributed by atoms with Crippen molar-refractivity contribution in [2.24, 2.45) is 0 Å². The first kappa shape index (κ1) is 10.2. The first-order valence-corrected chi connectivity index (χ1v) is 4.06. The van der Waals surface area contributed by atoms with E-state index >= 15 is 0 Å². The third-order valence-electron chi connectivity index (χ3n) is 1.54. The quantitative estimate of drug-likeness (QED) is 0.432. The van der Waals surface area contributed by atoms with Crippen molar-refractivity contribution >= 4 is 6.21 Å². The highest BCUT2D eigenvalue weighted by atomic mass is 14.9. The summed E-state index contributed by atoms with van der Waals surface area (Å²) in [5.74, 6) is 0. The molecular weight excluding hydrogens is 134 g/mol. The Bertz CT molecular complexity index is 185. The van der Waals surface area contributed by atoms with Gasteiger partial charge in [-0.3, -0.25) is 0 Å². The summed E-state index contributed by atoms with van der Waals surface area (Å²) in [7, 11) is 2.03. The minimum Gasteiger partial charge on any atom is -0.208 e. The zero-order chi connectivity index (χ0) is 8.69. The van der Waals surface area contributed by atoms with E-state index in [1.807, 2.05) is 30.8 Å². The van der Waals surface area contributed by atoms with Crippen LogP contribution in [0, 0.1) is 0 Å². The SMILES string of the molecule is CC=C[N+](C)=CC=C(C)CC. The highest BCUT2D eigenvalue weighted by Crippen LogP contribution is 1.94. The topological polar surface area (TPSA) is 3.01 Å². The molecule has 0 aromatic carbocycles. The minimum absolute atomic E-state index is 1.13. The molecule has 62 valence electrons. The van der Waals surface area contributed by atoms with Crippen molar-refractivity contribution in [3.63, 3.8) is 0 Å². The maximum atomic E-state index is 2.16. The molecule has 1 heteroatoms. The maximum Gasteiger partial charge on any atom is 0.168 e. The van der Waals surface area contributed by atoms with Crippen LogP contribution in [0.3, 0.4) is 0 Å². The molecule has 0 fully saturated rings.